The summed E-state index contributed by atoms with van der Waals surface area (Å²) >= 11 is 0. The third-order valence-electron chi connectivity index (χ3n) is 2.14. The van der Waals surface area contributed by atoms with E-state index in [-0.39, 0.29) is 0 Å². The number of nitrogens with two attached hydrogens (primary N) is 2. The molecule has 0 spiro atoms. The number of amides is 1. The molecule has 1 aromatic rings. The van der Waals surface area contributed by atoms with Crippen molar-refractivity contribution in [3.63, 3.8) is 0 Å². The van der Waals surface area contributed by atoms with Gasteiger partial charge in [0.15, 0.2) is 0 Å². The van der Waals surface area contributed by atoms with Crippen molar-refractivity contribution < 1.29 is 9.53 Å². The second-order valence-corrected chi connectivity index (χ2v) is 3.23. The minimum Gasteiger partial charge on any atom is -0.496 e. The number of nitrogens with one attached hydrogen (secondary N) is 1. The maximum Gasteiger partial charge on any atom is 0.255 e. The van der Waals surface area contributed by atoms with Crippen LogP contribution >= 0.6 is 0 Å². The van der Waals surface area contributed by atoms with Crippen molar-refractivity contribution in [2.75, 3.05) is 7.11 Å². The maximum atomic E-state index is 11.3. The van der Waals surface area contributed by atoms with Crippen molar-refractivity contribution in [1.29, 1.82) is 0 Å². The molecule has 0 fully saturated rings. The lowest BCUT2D eigenvalue weighted by Gasteiger charge is -2.14. The van der Waals surface area contributed by atoms with E-state index < -0.39 is 11.9 Å². The highest BCUT2D eigenvalue weighted by atomic mass is 16.5. The highest BCUT2D eigenvalue weighted by Crippen LogP contribution is 2.24. The van der Waals surface area contributed by atoms with Gasteiger partial charge in [0.05, 0.1) is 7.11 Å². The van der Waals surface area contributed by atoms with Crippen molar-refractivity contribution in [3.05, 3.63) is 29.3 Å². The summed E-state index contributed by atoms with van der Waals surface area (Å²) in [5, 5.41) is 0. The summed E-state index contributed by atoms with van der Waals surface area (Å²) in [6.45, 7) is 1.91. The van der Waals surface area contributed by atoms with Crippen LogP contribution in [0.5, 0.6) is 5.75 Å². The molecular formula is C10H15N3O2. The molecule has 1 unspecified atom stereocenters. The number of methoxy groups -OCH3 is 1. The van der Waals surface area contributed by atoms with Crippen LogP contribution in [-0.2, 0) is 4.79 Å². The molecule has 1 amide bonds. The fraction of sp³-hybridized carbons (Fsp3) is 0.300. The van der Waals surface area contributed by atoms with Gasteiger partial charge in [0.2, 0.25) is 0 Å². The number of benzene rings is 1. The topological polar surface area (TPSA) is 90.4 Å². The van der Waals surface area contributed by atoms with Crippen LogP contribution in [0.1, 0.15) is 17.2 Å². The summed E-state index contributed by atoms with van der Waals surface area (Å²) in [5.41, 5.74) is 9.37. The molecule has 0 aliphatic rings. The van der Waals surface area contributed by atoms with Gasteiger partial charge in [-0.05, 0) is 13.0 Å². The normalized spacial score (nSPS) is 12.0. The molecule has 0 saturated carbocycles. The summed E-state index contributed by atoms with van der Waals surface area (Å²) in [5.74, 6) is 5.15. The van der Waals surface area contributed by atoms with E-state index in [1.54, 1.807) is 12.1 Å². The molecule has 0 aromatic heterocycles. The smallest absolute Gasteiger partial charge is 0.255 e. The molecule has 5 N–H and O–H groups in total. The van der Waals surface area contributed by atoms with Gasteiger partial charge >= 0.3 is 0 Å². The SMILES string of the molecule is COc1ccc(C)cc1C(N)C(=O)NN. The monoisotopic (exact) mass is 209 g/mol. The second-order valence-electron chi connectivity index (χ2n) is 3.23. The summed E-state index contributed by atoms with van der Waals surface area (Å²) in [6, 6.07) is 4.65. The van der Waals surface area contributed by atoms with E-state index in [1.165, 1.54) is 7.11 Å². The quantitative estimate of drug-likeness (QED) is 0.371. The molecule has 0 heterocycles. The van der Waals surface area contributed by atoms with E-state index in [0.717, 1.165) is 5.56 Å². The van der Waals surface area contributed by atoms with Crippen molar-refractivity contribution in [2.45, 2.75) is 13.0 Å². The molecule has 5 heteroatoms. The predicted octanol–water partition coefficient (Wildman–Crippen LogP) is -0.00668. The molecule has 0 saturated heterocycles. The van der Waals surface area contributed by atoms with Gasteiger partial charge in [0.25, 0.3) is 5.91 Å². The Kier molecular flexibility index (Phi) is 3.65. The van der Waals surface area contributed by atoms with Crippen LogP contribution in [0, 0.1) is 6.92 Å². The van der Waals surface area contributed by atoms with Gasteiger partial charge in [-0.15, -0.1) is 0 Å². The zero-order chi connectivity index (χ0) is 11.4. The lowest BCUT2D eigenvalue weighted by molar-refractivity contribution is -0.122. The second kappa shape index (κ2) is 4.77. The number of hydrogen-bond donors (Lipinski definition) is 3. The van der Waals surface area contributed by atoms with E-state index in [4.69, 9.17) is 16.3 Å². The van der Waals surface area contributed by atoms with E-state index in [9.17, 15) is 4.79 Å². The summed E-state index contributed by atoms with van der Waals surface area (Å²) in [6.07, 6.45) is 0. The zero-order valence-electron chi connectivity index (χ0n) is 8.78. The number of rotatable bonds is 3. The number of hydrogen-bond acceptors (Lipinski definition) is 4. The fourth-order valence-corrected chi connectivity index (χ4v) is 1.33. The molecule has 0 bridgehead atoms. The van der Waals surface area contributed by atoms with Crippen LogP contribution in [0.15, 0.2) is 18.2 Å². The fourth-order valence-electron chi connectivity index (χ4n) is 1.33. The van der Waals surface area contributed by atoms with Crippen molar-refractivity contribution in [2.24, 2.45) is 11.6 Å². The third-order valence-corrected chi connectivity index (χ3v) is 2.14. The van der Waals surface area contributed by atoms with Crippen LogP contribution in [0.2, 0.25) is 0 Å². The number of carbonyl (C=O) groups is 1. The lowest BCUT2D eigenvalue weighted by atomic mass is 10.0. The number of aryl methyl sites for hydroxylation is 1. The van der Waals surface area contributed by atoms with E-state index in [1.807, 2.05) is 18.4 Å². The van der Waals surface area contributed by atoms with Gasteiger partial charge in [0.1, 0.15) is 11.8 Å². The molecule has 82 valence electrons. The van der Waals surface area contributed by atoms with Crippen LogP contribution < -0.4 is 21.7 Å². The Morgan fingerprint density at radius 2 is 2.20 bits per heavy atom. The summed E-state index contributed by atoms with van der Waals surface area (Å²) < 4.78 is 5.12. The van der Waals surface area contributed by atoms with Gasteiger partial charge in [-0.3, -0.25) is 10.2 Å². The molecule has 1 rings (SSSR count). The molecule has 1 aromatic carbocycles. The lowest BCUT2D eigenvalue weighted by Crippen LogP contribution is -2.38. The van der Waals surface area contributed by atoms with Gasteiger partial charge < -0.3 is 10.5 Å². The first-order valence-electron chi connectivity index (χ1n) is 4.50. The van der Waals surface area contributed by atoms with Gasteiger partial charge in [-0.25, -0.2) is 5.84 Å². The average Bonchev–Trinajstić information content (AvgIpc) is 2.27. The van der Waals surface area contributed by atoms with Gasteiger partial charge in [0, 0.05) is 5.56 Å². The minimum absolute atomic E-state index is 0.445. The van der Waals surface area contributed by atoms with Crippen molar-refractivity contribution in [3.8, 4) is 5.75 Å². The van der Waals surface area contributed by atoms with Crippen LogP contribution in [0.4, 0.5) is 0 Å². The van der Waals surface area contributed by atoms with Crippen LogP contribution in [0.3, 0.4) is 0 Å². The Hall–Kier alpha value is -1.59. The molecule has 0 radical (unpaired) electrons. The van der Waals surface area contributed by atoms with E-state index in [0.29, 0.717) is 11.3 Å². The highest BCUT2D eigenvalue weighted by molar-refractivity contribution is 5.83. The van der Waals surface area contributed by atoms with Gasteiger partial charge in [-0.1, -0.05) is 17.7 Å². The number of ether oxygens (including phenoxy) is 1. The largest absolute Gasteiger partial charge is 0.496 e. The first-order chi connectivity index (χ1) is 7.10. The summed E-state index contributed by atoms with van der Waals surface area (Å²) in [7, 11) is 1.53. The predicted molar refractivity (Wildman–Crippen MR) is 57.0 cm³/mol. The maximum absolute atomic E-state index is 11.3. The zero-order valence-corrected chi connectivity index (χ0v) is 8.78. The molecule has 0 aliphatic carbocycles. The van der Waals surface area contributed by atoms with Crippen LogP contribution in [0.25, 0.3) is 0 Å². The highest BCUT2D eigenvalue weighted by Gasteiger charge is 2.18. The van der Waals surface area contributed by atoms with Crippen molar-refractivity contribution in [1.82, 2.24) is 5.43 Å². The van der Waals surface area contributed by atoms with Crippen molar-refractivity contribution >= 4 is 5.91 Å². The molecule has 1 atom stereocenters. The first-order valence-corrected chi connectivity index (χ1v) is 4.50. The first kappa shape index (κ1) is 11.5. The molecular weight excluding hydrogens is 194 g/mol. The van der Waals surface area contributed by atoms with Crippen LogP contribution in [-0.4, -0.2) is 13.0 Å². The average molecular weight is 209 g/mol. The van der Waals surface area contributed by atoms with Gasteiger partial charge in [-0.2, -0.15) is 0 Å². The number of carbonyl (C=O) groups excluding carboxylic acids is 1. The Labute approximate surface area is 88.4 Å². The Morgan fingerprint density at radius 1 is 1.53 bits per heavy atom. The standard InChI is InChI=1S/C10H15N3O2/c1-6-3-4-8(15-2)7(5-6)9(11)10(14)13-12/h3-5,9H,11-12H2,1-2H3,(H,13,14). The summed E-state index contributed by atoms with van der Waals surface area (Å²) in [4.78, 5) is 11.3. The Balaban J connectivity index is 3.10. The molecule has 5 nitrogen and oxygen atoms in total. The minimum atomic E-state index is -0.815. The molecule has 15 heavy (non-hydrogen) atoms. The Morgan fingerprint density at radius 3 is 2.73 bits per heavy atom. The van der Waals surface area contributed by atoms with E-state index >= 15 is 0 Å². The third kappa shape index (κ3) is 2.45. The Bertz CT molecular complexity index is 366. The molecule has 0 aliphatic heterocycles. The van der Waals surface area contributed by atoms with E-state index in [2.05, 4.69) is 0 Å². The number of hydrazine groups is 1.